The average Bonchev–Trinajstić information content (AvgIpc) is 3.39. The van der Waals surface area contributed by atoms with Crippen molar-refractivity contribution in [2.24, 2.45) is 0 Å². The number of H-pyrrole nitrogens is 1. The molecule has 0 saturated heterocycles. The lowest BCUT2D eigenvalue weighted by Crippen LogP contribution is -1.89. The topological polar surface area (TPSA) is 82.3 Å². The number of oxazole rings is 1. The standard InChI is InChI=1S/C25H20N2O3/c28-15-16-5-3-6-17(11-16)24-25(18-7-4-8-20(29)12-18)30-23(27-24)13-19-14-26-22-10-2-1-9-21(19)22/h1-12,14,26,28-29H,13,15H2. The monoisotopic (exact) mass is 396 g/mol. The molecule has 0 aliphatic heterocycles. The summed E-state index contributed by atoms with van der Waals surface area (Å²) in [7, 11) is 0. The van der Waals surface area contributed by atoms with E-state index in [4.69, 9.17) is 9.40 Å². The van der Waals surface area contributed by atoms with Gasteiger partial charge < -0.3 is 19.6 Å². The number of phenols is 1. The van der Waals surface area contributed by atoms with E-state index in [1.807, 2.05) is 54.7 Å². The van der Waals surface area contributed by atoms with E-state index < -0.39 is 0 Å². The number of rotatable bonds is 5. The van der Waals surface area contributed by atoms with E-state index in [0.29, 0.717) is 23.8 Å². The van der Waals surface area contributed by atoms with Gasteiger partial charge in [-0.25, -0.2) is 4.98 Å². The summed E-state index contributed by atoms with van der Waals surface area (Å²) in [6.07, 6.45) is 2.52. The van der Waals surface area contributed by atoms with Gasteiger partial charge >= 0.3 is 0 Å². The van der Waals surface area contributed by atoms with Gasteiger partial charge in [0.05, 0.1) is 13.0 Å². The number of hydrogen-bond acceptors (Lipinski definition) is 4. The molecule has 30 heavy (non-hydrogen) atoms. The van der Waals surface area contributed by atoms with Crippen LogP contribution in [0.2, 0.25) is 0 Å². The molecule has 5 nitrogen and oxygen atoms in total. The van der Waals surface area contributed by atoms with Crippen molar-refractivity contribution in [2.45, 2.75) is 13.0 Å². The van der Waals surface area contributed by atoms with E-state index in [2.05, 4.69) is 11.1 Å². The first-order valence-electron chi connectivity index (χ1n) is 9.75. The molecule has 148 valence electrons. The van der Waals surface area contributed by atoms with Crippen molar-refractivity contribution in [3.63, 3.8) is 0 Å². The first kappa shape index (κ1) is 18.2. The highest BCUT2D eigenvalue weighted by molar-refractivity contribution is 5.83. The van der Waals surface area contributed by atoms with E-state index in [-0.39, 0.29) is 12.4 Å². The Hall–Kier alpha value is -3.83. The fraction of sp³-hybridized carbons (Fsp3) is 0.0800. The number of benzene rings is 3. The fourth-order valence-electron chi connectivity index (χ4n) is 3.74. The third-order valence-electron chi connectivity index (χ3n) is 5.18. The van der Waals surface area contributed by atoms with Crippen LogP contribution in [-0.4, -0.2) is 20.2 Å². The SMILES string of the molecule is OCc1cccc(-c2nc(Cc3c[nH]c4ccccc34)oc2-c2cccc(O)c2)c1. The van der Waals surface area contributed by atoms with E-state index in [0.717, 1.165) is 33.2 Å². The van der Waals surface area contributed by atoms with Crippen LogP contribution >= 0.6 is 0 Å². The molecule has 0 radical (unpaired) electrons. The molecule has 5 heteroatoms. The van der Waals surface area contributed by atoms with Gasteiger partial charge in [-0.3, -0.25) is 0 Å². The predicted molar refractivity (Wildman–Crippen MR) is 116 cm³/mol. The van der Waals surface area contributed by atoms with Crippen LogP contribution < -0.4 is 0 Å². The van der Waals surface area contributed by atoms with Crippen LogP contribution in [0.5, 0.6) is 5.75 Å². The molecule has 0 aliphatic rings. The maximum Gasteiger partial charge on any atom is 0.200 e. The Balaban J connectivity index is 1.62. The van der Waals surface area contributed by atoms with Crippen LogP contribution in [0.4, 0.5) is 0 Å². The molecular formula is C25H20N2O3. The molecule has 0 saturated carbocycles. The molecule has 0 spiro atoms. The van der Waals surface area contributed by atoms with Gasteiger partial charge in [-0.1, -0.05) is 48.5 Å². The minimum atomic E-state index is -0.0463. The summed E-state index contributed by atoms with van der Waals surface area (Å²) in [4.78, 5) is 8.09. The molecular weight excluding hydrogens is 376 g/mol. The van der Waals surface area contributed by atoms with E-state index in [1.165, 1.54) is 0 Å². The Labute approximate surface area is 173 Å². The second-order valence-electron chi connectivity index (χ2n) is 7.23. The number of hydrogen-bond donors (Lipinski definition) is 3. The quantitative estimate of drug-likeness (QED) is 0.378. The predicted octanol–water partition coefficient (Wildman–Crippen LogP) is 5.28. The Morgan fingerprint density at radius 1 is 0.900 bits per heavy atom. The Bertz CT molecular complexity index is 1330. The number of fused-ring (bicyclic) bond motifs is 1. The first-order valence-corrected chi connectivity index (χ1v) is 9.75. The number of para-hydroxylation sites is 1. The highest BCUT2D eigenvalue weighted by Crippen LogP contribution is 2.35. The van der Waals surface area contributed by atoms with Crippen molar-refractivity contribution in [3.8, 4) is 28.3 Å². The highest BCUT2D eigenvalue weighted by atomic mass is 16.4. The van der Waals surface area contributed by atoms with E-state index in [1.54, 1.807) is 18.2 Å². The number of phenolic OH excluding ortho intramolecular Hbond substituents is 1. The number of aromatic hydroxyl groups is 1. The lowest BCUT2D eigenvalue weighted by atomic mass is 10.0. The molecule has 5 aromatic rings. The third-order valence-corrected chi connectivity index (χ3v) is 5.18. The van der Waals surface area contributed by atoms with Gasteiger partial charge in [0.25, 0.3) is 0 Å². The van der Waals surface area contributed by atoms with Crippen LogP contribution in [0, 0.1) is 0 Å². The van der Waals surface area contributed by atoms with Gasteiger partial charge in [-0.15, -0.1) is 0 Å². The van der Waals surface area contributed by atoms with Crippen LogP contribution in [0.15, 0.2) is 83.4 Å². The molecule has 0 unspecified atom stereocenters. The van der Waals surface area contributed by atoms with Gasteiger partial charge in [-0.2, -0.15) is 0 Å². The Morgan fingerprint density at radius 2 is 1.73 bits per heavy atom. The number of aliphatic hydroxyl groups is 1. The smallest absolute Gasteiger partial charge is 0.200 e. The molecule has 0 bridgehead atoms. The van der Waals surface area contributed by atoms with Crippen molar-refractivity contribution >= 4 is 10.9 Å². The molecule has 2 aromatic heterocycles. The summed E-state index contributed by atoms with van der Waals surface area (Å²) in [6, 6.07) is 22.7. The average molecular weight is 396 g/mol. The molecule has 5 rings (SSSR count). The van der Waals surface area contributed by atoms with E-state index >= 15 is 0 Å². The Kier molecular flexibility index (Phi) is 4.58. The van der Waals surface area contributed by atoms with Gasteiger partial charge in [0, 0.05) is 28.2 Å². The zero-order valence-corrected chi connectivity index (χ0v) is 16.2. The van der Waals surface area contributed by atoms with Gasteiger partial charge in [0.2, 0.25) is 0 Å². The zero-order valence-electron chi connectivity index (χ0n) is 16.2. The van der Waals surface area contributed by atoms with Crippen molar-refractivity contribution in [2.75, 3.05) is 0 Å². The highest BCUT2D eigenvalue weighted by Gasteiger charge is 2.19. The molecule has 0 amide bonds. The van der Waals surface area contributed by atoms with Crippen molar-refractivity contribution in [1.82, 2.24) is 9.97 Å². The number of aromatic amines is 1. The lowest BCUT2D eigenvalue weighted by molar-refractivity contribution is 0.282. The Morgan fingerprint density at radius 3 is 2.60 bits per heavy atom. The summed E-state index contributed by atoms with van der Waals surface area (Å²) in [5.41, 5.74) is 5.26. The lowest BCUT2D eigenvalue weighted by Gasteiger charge is -2.04. The molecule has 3 aromatic carbocycles. The van der Waals surface area contributed by atoms with Crippen molar-refractivity contribution in [1.29, 1.82) is 0 Å². The normalized spacial score (nSPS) is 11.2. The van der Waals surface area contributed by atoms with Crippen molar-refractivity contribution in [3.05, 3.63) is 96.0 Å². The minimum Gasteiger partial charge on any atom is -0.508 e. The molecule has 3 N–H and O–H groups in total. The summed E-state index contributed by atoms with van der Waals surface area (Å²) in [5, 5.41) is 20.6. The molecule has 0 aliphatic carbocycles. The van der Waals surface area contributed by atoms with Crippen molar-refractivity contribution < 1.29 is 14.6 Å². The molecule has 0 atom stereocenters. The van der Waals surface area contributed by atoms with Gasteiger partial charge in [0.1, 0.15) is 11.4 Å². The largest absolute Gasteiger partial charge is 0.508 e. The zero-order chi connectivity index (χ0) is 20.5. The van der Waals surface area contributed by atoms with E-state index in [9.17, 15) is 10.2 Å². The fourth-order valence-corrected chi connectivity index (χ4v) is 3.74. The van der Waals surface area contributed by atoms with Gasteiger partial charge in [-0.05, 0) is 35.4 Å². The minimum absolute atomic E-state index is 0.0463. The summed E-state index contributed by atoms with van der Waals surface area (Å²) >= 11 is 0. The maximum atomic E-state index is 9.95. The molecule has 2 heterocycles. The summed E-state index contributed by atoms with van der Waals surface area (Å²) < 4.78 is 6.21. The first-order chi connectivity index (χ1) is 14.7. The number of aromatic nitrogens is 2. The maximum absolute atomic E-state index is 9.95. The van der Waals surface area contributed by atoms with Crippen LogP contribution in [0.3, 0.4) is 0 Å². The van der Waals surface area contributed by atoms with Crippen LogP contribution in [0.1, 0.15) is 17.0 Å². The molecule has 0 fully saturated rings. The summed E-state index contributed by atoms with van der Waals surface area (Å²) in [6.45, 7) is -0.0463. The summed E-state index contributed by atoms with van der Waals surface area (Å²) in [5.74, 6) is 1.34. The second kappa shape index (κ2) is 7.54. The third kappa shape index (κ3) is 3.36. The number of nitrogens with one attached hydrogen (secondary N) is 1. The second-order valence-corrected chi connectivity index (χ2v) is 7.23. The van der Waals surface area contributed by atoms with Crippen LogP contribution in [-0.2, 0) is 13.0 Å². The number of nitrogens with zero attached hydrogens (tertiary/aromatic N) is 1. The number of aliphatic hydroxyl groups excluding tert-OH is 1. The van der Waals surface area contributed by atoms with Gasteiger partial charge in [0.15, 0.2) is 11.7 Å². The van der Waals surface area contributed by atoms with Crippen LogP contribution in [0.25, 0.3) is 33.5 Å².